The summed E-state index contributed by atoms with van der Waals surface area (Å²) in [5.41, 5.74) is 2.42. The summed E-state index contributed by atoms with van der Waals surface area (Å²) in [5, 5.41) is 2.95. The highest BCUT2D eigenvalue weighted by molar-refractivity contribution is 5.95. The number of anilines is 1. The summed E-state index contributed by atoms with van der Waals surface area (Å²) >= 11 is 0. The lowest BCUT2D eigenvalue weighted by Crippen LogP contribution is -2.28. The average Bonchev–Trinajstić information content (AvgIpc) is 3.18. The van der Waals surface area contributed by atoms with E-state index in [-0.39, 0.29) is 5.91 Å². The summed E-state index contributed by atoms with van der Waals surface area (Å²) in [5.74, 6) is 1.47. The van der Waals surface area contributed by atoms with Crippen LogP contribution in [0.15, 0.2) is 30.5 Å². The maximum Gasteiger partial charge on any atom is 0.254 e. The minimum atomic E-state index is -0.124. The zero-order valence-corrected chi connectivity index (χ0v) is 15.5. The second-order valence-electron chi connectivity index (χ2n) is 6.45. The van der Waals surface area contributed by atoms with E-state index in [0.717, 1.165) is 42.5 Å². The second-order valence-corrected chi connectivity index (χ2v) is 6.45. The SMILES string of the molecule is CCOc1ccc(CCNC(=O)c2cnc(N3CCCC3)nc2C)cc1. The van der Waals surface area contributed by atoms with Gasteiger partial charge in [0.2, 0.25) is 5.95 Å². The number of rotatable bonds is 7. The molecule has 2 aromatic rings. The monoisotopic (exact) mass is 354 g/mol. The minimum Gasteiger partial charge on any atom is -0.494 e. The summed E-state index contributed by atoms with van der Waals surface area (Å²) < 4.78 is 5.43. The summed E-state index contributed by atoms with van der Waals surface area (Å²) in [4.78, 5) is 23.5. The van der Waals surface area contributed by atoms with E-state index >= 15 is 0 Å². The van der Waals surface area contributed by atoms with Gasteiger partial charge in [0.1, 0.15) is 5.75 Å². The molecule has 3 rings (SSSR count). The van der Waals surface area contributed by atoms with E-state index in [1.165, 1.54) is 12.8 Å². The topological polar surface area (TPSA) is 67.3 Å². The molecule has 2 heterocycles. The van der Waals surface area contributed by atoms with Gasteiger partial charge in [-0.3, -0.25) is 4.79 Å². The number of ether oxygens (including phenoxy) is 1. The molecule has 0 aliphatic carbocycles. The van der Waals surface area contributed by atoms with Gasteiger partial charge in [-0.15, -0.1) is 0 Å². The van der Waals surface area contributed by atoms with Crippen LogP contribution in [-0.4, -0.2) is 42.1 Å². The number of hydrogen-bond donors (Lipinski definition) is 1. The van der Waals surface area contributed by atoms with E-state index in [0.29, 0.717) is 18.7 Å². The van der Waals surface area contributed by atoms with Gasteiger partial charge in [0, 0.05) is 25.8 Å². The lowest BCUT2D eigenvalue weighted by molar-refractivity contribution is 0.0952. The summed E-state index contributed by atoms with van der Waals surface area (Å²) in [6.07, 6.45) is 4.76. The lowest BCUT2D eigenvalue weighted by atomic mass is 10.1. The Morgan fingerprint density at radius 2 is 1.96 bits per heavy atom. The highest BCUT2D eigenvalue weighted by Gasteiger charge is 2.17. The number of carbonyl (C=O) groups excluding carboxylic acids is 1. The van der Waals surface area contributed by atoms with Gasteiger partial charge in [0.05, 0.1) is 17.9 Å². The number of amides is 1. The van der Waals surface area contributed by atoms with E-state index in [9.17, 15) is 4.79 Å². The molecule has 0 spiro atoms. The molecule has 138 valence electrons. The number of aryl methyl sites for hydroxylation is 1. The highest BCUT2D eigenvalue weighted by Crippen LogP contribution is 2.17. The van der Waals surface area contributed by atoms with E-state index in [2.05, 4.69) is 20.2 Å². The fourth-order valence-electron chi connectivity index (χ4n) is 3.08. The average molecular weight is 354 g/mol. The molecule has 26 heavy (non-hydrogen) atoms. The first-order valence-corrected chi connectivity index (χ1v) is 9.26. The molecule has 1 aromatic heterocycles. The maximum atomic E-state index is 12.4. The molecule has 1 N–H and O–H groups in total. The molecule has 6 heteroatoms. The van der Waals surface area contributed by atoms with Crippen molar-refractivity contribution in [3.8, 4) is 5.75 Å². The van der Waals surface area contributed by atoms with Crippen LogP contribution in [0.4, 0.5) is 5.95 Å². The number of nitrogens with one attached hydrogen (secondary N) is 1. The van der Waals surface area contributed by atoms with Crippen molar-refractivity contribution in [2.24, 2.45) is 0 Å². The molecule has 0 unspecified atom stereocenters. The van der Waals surface area contributed by atoms with E-state index in [1.54, 1.807) is 6.20 Å². The van der Waals surface area contributed by atoms with Crippen molar-refractivity contribution in [3.05, 3.63) is 47.3 Å². The van der Waals surface area contributed by atoms with E-state index < -0.39 is 0 Å². The first kappa shape index (κ1) is 18.2. The Morgan fingerprint density at radius 1 is 1.23 bits per heavy atom. The Labute approximate surface area is 154 Å². The molecule has 0 saturated carbocycles. The fraction of sp³-hybridized carbons (Fsp3) is 0.450. The zero-order valence-electron chi connectivity index (χ0n) is 15.5. The van der Waals surface area contributed by atoms with Gasteiger partial charge in [-0.1, -0.05) is 12.1 Å². The van der Waals surface area contributed by atoms with Gasteiger partial charge >= 0.3 is 0 Å². The molecule has 0 atom stereocenters. The largest absolute Gasteiger partial charge is 0.494 e. The van der Waals surface area contributed by atoms with Crippen molar-refractivity contribution in [2.45, 2.75) is 33.1 Å². The number of aromatic nitrogens is 2. The van der Waals surface area contributed by atoms with Crippen LogP contribution in [0, 0.1) is 6.92 Å². The molecule has 1 saturated heterocycles. The first-order chi connectivity index (χ1) is 12.7. The van der Waals surface area contributed by atoms with Gasteiger partial charge in [-0.05, 0) is 50.8 Å². The Balaban J connectivity index is 1.52. The van der Waals surface area contributed by atoms with Gasteiger partial charge < -0.3 is 15.0 Å². The molecule has 0 radical (unpaired) electrons. The summed E-state index contributed by atoms with van der Waals surface area (Å²) in [6, 6.07) is 7.96. The smallest absolute Gasteiger partial charge is 0.254 e. The van der Waals surface area contributed by atoms with Crippen molar-refractivity contribution in [2.75, 3.05) is 31.1 Å². The van der Waals surface area contributed by atoms with Crippen molar-refractivity contribution in [1.82, 2.24) is 15.3 Å². The van der Waals surface area contributed by atoms with Gasteiger partial charge in [0.25, 0.3) is 5.91 Å². The minimum absolute atomic E-state index is 0.124. The Morgan fingerprint density at radius 3 is 2.62 bits per heavy atom. The summed E-state index contributed by atoms with van der Waals surface area (Å²) in [6.45, 7) is 7.04. The van der Waals surface area contributed by atoms with E-state index in [4.69, 9.17) is 4.74 Å². The normalized spacial score (nSPS) is 13.7. The third-order valence-electron chi connectivity index (χ3n) is 4.53. The number of hydrogen-bond acceptors (Lipinski definition) is 5. The zero-order chi connectivity index (χ0) is 18.4. The number of benzene rings is 1. The van der Waals surface area contributed by atoms with Crippen LogP contribution in [0.1, 0.15) is 41.4 Å². The van der Waals surface area contributed by atoms with Crippen LogP contribution in [0.3, 0.4) is 0 Å². The van der Waals surface area contributed by atoms with Crippen molar-refractivity contribution in [1.29, 1.82) is 0 Å². The second kappa shape index (κ2) is 8.65. The highest BCUT2D eigenvalue weighted by atomic mass is 16.5. The van der Waals surface area contributed by atoms with Crippen LogP contribution in [0.25, 0.3) is 0 Å². The van der Waals surface area contributed by atoms with Crippen LogP contribution < -0.4 is 15.0 Å². The predicted octanol–water partition coefficient (Wildman–Crippen LogP) is 2.76. The third-order valence-corrected chi connectivity index (χ3v) is 4.53. The number of carbonyl (C=O) groups is 1. The van der Waals surface area contributed by atoms with Crippen LogP contribution >= 0.6 is 0 Å². The maximum absolute atomic E-state index is 12.4. The number of nitrogens with zero attached hydrogens (tertiary/aromatic N) is 3. The quantitative estimate of drug-likeness (QED) is 0.828. The molecule has 1 amide bonds. The molecule has 1 aromatic carbocycles. The standard InChI is InChI=1S/C20H26N4O2/c1-3-26-17-8-6-16(7-9-17)10-11-21-19(25)18-14-22-20(23-15(18)2)24-12-4-5-13-24/h6-9,14H,3-5,10-13H2,1-2H3,(H,21,25). The van der Waals surface area contributed by atoms with Crippen molar-refractivity contribution >= 4 is 11.9 Å². The lowest BCUT2D eigenvalue weighted by Gasteiger charge is -2.16. The third kappa shape index (κ3) is 4.50. The van der Waals surface area contributed by atoms with Crippen LogP contribution in [0.5, 0.6) is 5.75 Å². The Kier molecular flexibility index (Phi) is 6.04. The molecule has 1 aliphatic heterocycles. The molecule has 1 aliphatic rings. The Hall–Kier alpha value is -2.63. The van der Waals surface area contributed by atoms with E-state index in [1.807, 2.05) is 38.1 Å². The fourth-order valence-corrected chi connectivity index (χ4v) is 3.08. The van der Waals surface area contributed by atoms with Gasteiger partial charge in [-0.2, -0.15) is 0 Å². The molecular weight excluding hydrogens is 328 g/mol. The van der Waals surface area contributed by atoms with Crippen LogP contribution in [0.2, 0.25) is 0 Å². The summed E-state index contributed by atoms with van der Waals surface area (Å²) in [7, 11) is 0. The van der Waals surface area contributed by atoms with Gasteiger partial charge in [-0.25, -0.2) is 9.97 Å². The Bertz CT molecular complexity index is 740. The predicted molar refractivity (Wildman–Crippen MR) is 102 cm³/mol. The molecular formula is C20H26N4O2. The molecule has 6 nitrogen and oxygen atoms in total. The molecule has 1 fully saturated rings. The van der Waals surface area contributed by atoms with Crippen molar-refractivity contribution in [3.63, 3.8) is 0 Å². The van der Waals surface area contributed by atoms with Crippen molar-refractivity contribution < 1.29 is 9.53 Å². The van der Waals surface area contributed by atoms with Gasteiger partial charge in [0.15, 0.2) is 0 Å². The first-order valence-electron chi connectivity index (χ1n) is 9.26. The van der Waals surface area contributed by atoms with Crippen LogP contribution in [-0.2, 0) is 6.42 Å². The molecule has 0 bridgehead atoms.